The Morgan fingerprint density at radius 1 is 1.40 bits per heavy atom. The van der Waals surface area contributed by atoms with Crippen molar-refractivity contribution >= 4 is 35.0 Å². The Hall–Kier alpha value is -0.870. The number of likely N-dealkylation sites (tertiary alicyclic amines) is 1. The van der Waals surface area contributed by atoms with E-state index in [0.29, 0.717) is 28.5 Å². The molecule has 1 aliphatic rings. The van der Waals surface area contributed by atoms with Gasteiger partial charge in [0.1, 0.15) is 0 Å². The van der Waals surface area contributed by atoms with Crippen LogP contribution >= 0.6 is 23.4 Å². The number of hydrogen-bond donors (Lipinski definition) is 1. The van der Waals surface area contributed by atoms with Crippen molar-refractivity contribution in [1.29, 1.82) is 0 Å². The number of anilines is 1. The number of amides is 1. The molecule has 1 heterocycles. The summed E-state index contributed by atoms with van der Waals surface area (Å²) in [5.41, 5.74) is 6.54. The van der Waals surface area contributed by atoms with E-state index in [2.05, 4.69) is 13.8 Å². The second kappa shape index (κ2) is 6.72. The van der Waals surface area contributed by atoms with E-state index in [1.54, 1.807) is 12.1 Å². The average Bonchev–Trinajstić information content (AvgIpc) is 2.37. The second-order valence-corrected chi connectivity index (χ2v) is 6.85. The van der Waals surface area contributed by atoms with Crippen LogP contribution in [0.2, 0.25) is 5.02 Å². The van der Waals surface area contributed by atoms with E-state index in [9.17, 15) is 4.79 Å². The molecule has 0 spiro atoms. The van der Waals surface area contributed by atoms with Gasteiger partial charge in [0.25, 0.3) is 0 Å². The fourth-order valence-electron chi connectivity index (χ4n) is 2.78. The molecule has 1 amide bonds. The number of piperidine rings is 1. The Bertz CT molecular complexity index is 485. The number of nitrogen functional groups attached to an aromatic ring is 1. The molecule has 3 nitrogen and oxygen atoms in total. The SMILES string of the molecule is CC1CCCC(C)N1C(=O)CSc1ccc(Cl)cc1N. The van der Waals surface area contributed by atoms with Gasteiger partial charge in [-0.15, -0.1) is 11.8 Å². The minimum absolute atomic E-state index is 0.198. The zero-order valence-corrected chi connectivity index (χ0v) is 13.5. The number of nitrogens with zero attached hydrogens (tertiary/aromatic N) is 1. The minimum Gasteiger partial charge on any atom is -0.398 e. The highest BCUT2D eigenvalue weighted by molar-refractivity contribution is 8.00. The molecule has 0 aromatic heterocycles. The van der Waals surface area contributed by atoms with Crippen molar-refractivity contribution in [2.45, 2.75) is 50.1 Å². The highest BCUT2D eigenvalue weighted by atomic mass is 35.5. The predicted molar refractivity (Wildman–Crippen MR) is 86.2 cm³/mol. The van der Waals surface area contributed by atoms with Crippen LogP contribution in [0.25, 0.3) is 0 Å². The van der Waals surface area contributed by atoms with E-state index >= 15 is 0 Å². The Balaban J connectivity index is 1.97. The molecule has 0 bridgehead atoms. The molecule has 0 radical (unpaired) electrons. The van der Waals surface area contributed by atoms with Crippen LogP contribution in [0, 0.1) is 0 Å². The van der Waals surface area contributed by atoms with Crippen molar-refractivity contribution in [3.8, 4) is 0 Å². The van der Waals surface area contributed by atoms with Gasteiger partial charge in [-0.3, -0.25) is 4.79 Å². The van der Waals surface area contributed by atoms with Crippen LogP contribution in [-0.4, -0.2) is 28.6 Å². The van der Waals surface area contributed by atoms with Gasteiger partial charge in [0.15, 0.2) is 0 Å². The molecular weight excluding hydrogens is 292 g/mol. The first-order chi connectivity index (χ1) is 9.49. The van der Waals surface area contributed by atoms with Gasteiger partial charge >= 0.3 is 0 Å². The van der Waals surface area contributed by atoms with Crippen LogP contribution in [0.15, 0.2) is 23.1 Å². The van der Waals surface area contributed by atoms with Crippen LogP contribution in [0.3, 0.4) is 0 Å². The van der Waals surface area contributed by atoms with Gasteiger partial charge in [-0.1, -0.05) is 11.6 Å². The standard InChI is InChI=1S/C15H21ClN2OS/c1-10-4-3-5-11(2)18(10)15(19)9-20-14-7-6-12(16)8-13(14)17/h6-8,10-11H,3-5,9,17H2,1-2H3. The third-order valence-electron chi connectivity index (χ3n) is 3.80. The van der Waals surface area contributed by atoms with Crippen molar-refractivity contribution in [3.05, 3.63) is 23.2 Å². The van der Waals surface area contributed by atoms with Gasteiger partial charge in [-0.05, 0) is 51.3 Å². The maximum atomic E-state index is 12.4. The summed E-state index contributed by atoms with van der Waals surface area (Å²) in [5.74, 6) is 0.629. The molecule has 2 N–H and O–H groups in total. The summed E-state index contributed by atoms with van der Waals surface area (Å²) in [4.78, 5) is 15.4. The van der Waals surface area contributed by atoms with E-state index in [1.165, 1.54) is 18.2 Å². The number of benzene rings is 1. The van der Waals surface area contributed by atoms with Crippen LogP contribution < -0.4 is 5.73 Å². The third-order valence-corrected chi connectivity index (χ3v) is 5.11. The van der Waals surface area contributed by atoms with Crippen molar-refractivity contribution in [2.24, 2.45) is 0 Å². The summed E-state index contributed by atoms with van der Waals surface area (Å²) < 4.78 is 0. The Morgan fingerprint density at radius 2 is 2.05 bits per heavy atom. The molecule has 20 heavy (non-hydrogen) atoms. The Labute approximate surface area is 129 Å². The van der Waals surface area contributed by atoms with Gasteiger partial charge in [-0.2, -0.15) is 0 Å². The highest BCUT2D eigenvalue weighted by Crippen LogP contribution is 2.29. The number of halogens is 1. The van der Waals surface area contributed by atoms with Crippen LogP contribution in [-0.2, 0) is 4.79 Å². The molecule has 2 atom stereocenters. The zero-order chi connectivity index (χ0) is 14.7. The van der Waals surface area contributed by atoms with Crippen molar-refractivity contribution in [3.63, 3.8) is 0 Å². The number of carbonyl (C=O) groups excluding carboxylic acids is 1. The summed E-state index contributed by atoms with van der Waals surface area (Å²) in [7, 11) is 0. The minimum atomic E-state index is 0.198. The van der Waals surface area contributed by atoms with Crippen LogP contribution in [0.5, 0.6) is 0 Å². The summed E-state index contributed by atoms with van der Waals surface area (Å²) in [6.45, 7) is 4.27. The topological polar surface area (TPSA) is 46.3 Å². The largest absolute Gasteiger partial charge is 0.398 e. The number of rotatable bonds is 3. The van der Waals surface area contributed by atoms with Crippen molar-refractivity contribution in [2.75, 3.05) is 11.5 Å². The van der Waals surface area contributed by atoms with Gasteiger partial charge in [-0.25, -0.2) is 0 Å². The lowest BCUT2D eigenvalue weighted by Crippen LogP contribution is -2.48. The van der Waals surface area contributed by atoms with E-state index < -0.39 is 0 Å². The molecule has 1 fully saturated rings. The molecule has 1 aliphatic heterocycles. The molecule has 2 unspecified atom stereocenters. The summed E-state index contributed by atoms with van der Waals surface area (Å²) in [5, 5.41) is 0.622. The molecule has 1 aromatic rings. The average molecular weight is 313 g/mol. The normalized spacial score (nSPS) is 22.9. The smallest absolute Gasteiger partial charge is 0.233 e. The Kier molecular flexibility index (Phi) is 5.22. The number of thioether (sulfide) groups is 1. The number of nitrogens with two attached hydrogens (primary N) is 1. The molecule has 1 saturated heterocycles. The lowest BCUT2D eigenvalue weighted by molar-refractivity contribution is -0.134. The van der Waals surface area contributed by atoms with Crippen molar-refractivity contribution < 1.29 is 4.79 Å². The Morgan fingerprint density at radius 3 is 2.65 bits per heavy atom. The summed E-state index contributed by atoms with van der Waals surface area (Å²) >= 11 is 7.36. The lowest BCUT2D eigenvalue weighted by atomic mass is 9.98. The fourth-order valence-corrected chi connectivity index (χ4v) is 3.78. The van der Waals surface area contributed by atoms with E-state index in [-0.39, 0.29) is 5.91 Å². The number of hydrogen-bond acceptors (Lipinski definition) is 3. The summed E-state index contributed by atoms with van der Waals surface area (Å²) in [6, 6.07) is 6.08. The fraction of sp³-hybridized carbons (Fsp3) is 0.533. The highest BCUT2D eigenvalue weighted by Gasteiger charge is 2.28. The monoisotopic (exact) mass is 312 g/mol. The third kappa shape index (κ3) is 3.61. The van der Waals surface area contributed by atoms with Crippen LogP contribution in [0.1, 0.15) is 33.1 Å². The molecular formula is C15H21ClN2OS. The molecule has 110 valence electrons. The van der Waals surface area contributed by atoms with Crippen molar-refractivity contribution in [1.82, 2.24) is 4.90 Å². The first kappa shape index (κ1) is 15.5. The predicted octanol–water partition coefficient (Wildman–Crippen LogP) is 3.80. The van der Waals surface area contributed by atoms with Gasteiger partial charge < -0.3 is 10.6 Å². The van der Waals surface area contributed by atoms with E-state index in [4.69, 9.17) is 17.3 Å². The maximum absolute atomic E-state index is 12.4. The van der Waals surface area contributed by atoms with Crippen LogP contribution in [0.4, 0.5) is 5.69 Å². The van der Waals surface area contributed by atoms with Gasteiger partial charge in [0.2, 0.25) is 5.91 Å². The first-order valence-corrected chi connectivity index (χ1v) is 8.34. The van der Waals surface area contributed by atoms with Gasteiger partial charge in [0.05, 0.1) is 5.75 Å². The quantitative estimate of drug-likeness (QED) is 0.682. The molecule has 0 aliphatic carbocycles. The molecule has 2 rings (SSSR count). The molecule has 0 saturated carbocycles. The second-order valence-electron chi connectivity index (χ2n) is 5.40. The van der Waals surface area contributed by atoms with Gasteiger partial charge in [0, 0.05) is 27.7 Å². The first-order valence-electron chi connectivity index (χ1n) is 6.98. The number of carbonyl (C=O) groups is 1. The zero-order valence-electron chi connectivity index (χ0n) is 11.9. The van der Waals surface area contributed by atoms with E-state index in [0.717, 1.165) is 17.7 Å². The molecule has 1 aromatic carbocycles. The maximum Gasteiger partial charge on any atom is 0.233 e. The lowest BCUT2D eigenvalue weighted by Gasteiger charge is -2.39. The van der Waals surface area contributed by atoms with E-state index in [1.807, 2.05) is 11.0 Å². The molecule has 5 heteroatoms. The summed E-state index contributed by atoms with van der Waals surface area (Å²) in [6.07, 6.45) is 3.41.